The molecule has 2 aromatic rings. The first-order chi connectivity index (χ1) is 10.3. The van der Waals surface area contributed by atoms with Crippen molar-refractivity contribution in [3.8, 4) is 11.5 Å². The molecule has 1 aliphatic rings. The van der Waals surface area contributed by atoms with E-state index in [4.69, 9.17) is 8.94 Å². The van der Waals surface area contributed by atoms with E-state index in [9.17, 15) is 4.79 Å². The minimum Gasteiger partial charge on any atom is -0.461 e. The van der Waals surface area contributed by atoms with Gasteiger partial charge >= 0.3 is 0 Å². The number of carbonyl (C=O) groups is 1. The summed E-state index contributed by atoms with van der Waals surface area (Å²) in [6.07, 6.45) is 3.46. The van der Waals surface area contributed by atoms with Crippen molar-refractivity contribution >= 4 is 5.91 Å². The zero-order valence-corrected chi connectivity index (χ0v) is 12.0. The maximum Gasteiger partial charge on any atom is 0.276 e. The summed E-state index contributed by atoms with van der Waals surface area (Å²) >= 11 is 0. The highest BCUT2D eigenvalue weighted by atomic mass is 16.5. The van der Waals surface area contributed by atoms with Crippen LogP contribution in [0.3, 0.4) is 0 Å². The Hall–Kier alpha value is -2.08. The Kier molecular flexibility index (Phi) is 4.06. The van der Waals surface area contributed by atoms with Crippen molar-refractivity contribution in [1.29, 1.82) is 0 Å². The molecule has 1 unspecified atom stereocenters. The molecule has 6 heteroatoms. The van der Waals surface area contributed by atoms with Gasteiger partial charge in [0.1, 0.15) is 0 Å². The maximum absolute atomic E-state index is 12.6. The molecule has 1 N–H and O–H groups in total. The molecule has 1 saturated heterocycles. The summed E-state index contributed by atoms with van der Waals surface area (Å²) < 4.78 is 10.5. The van der Waals surface area contributed by atoms with Crippen LogP contribution in [0.2, 0.25) is 0 Å². The Morgan fingerprint density at radius 2 is 2.43 bits per heavy atom. The van der Waals surface area contributed by atoms with Gasteiger partial charge in [0.25, 0.3) is 5.91 Å². The lowest BCUT2D eigenvalue weighted by Crippen LogP contribution is -2.42. The lowest BCUT2D eigenvalue weighted by atomic mass is 10.2. The standard InChI is InChI=1S/C15H19N3O3/c1-2-7-18(11-5-6-16-10-11)15(19)12-9-14(21-17-12)13-4-3-8-20-13/h3-4,8-9,11,16H,2,5-7,10H2,1H3. The fourth-order valence-electron chi connectivity index (χ4n) is 2.65. The molecule has 0 aliphatic carbocycles. The number of amides is 1. The highest BCUT2D eigenvalue weighted by molar-refractivity contribution is 5.93. The molecule has 1 amide bonds. The topological polar surface area (TPSA) is 71.5 Å². The minimum absolute atomic E-state index is 0.0768. The van der Waals surface area contributed by atoms with Gasteiger partial charge in [-0.15, -0.1) is 0 Å². The van der Waals surface area contributed by atoms with Crippen LogP contribution in [0.1, 0.15) is 30.3 Å². The number of aromatic nitrogens is 1. The molecule has 2 aromatic heterocycles. The van der Waals surface area contributed by atoms with E-state index in [-0.39, 0.29) is 11.9 Å². The summed E-state index contributed by atoms with van der Waals surface area (Å²) in [5.41, 5.74) is 0.335. The van der Waals surface area contributed by atoms with E-state index in [1.54, 1.807) is 24.5 Å². The van der Waals surface area contributed by atoms with Crippen molar-refractivity contribution in [1.82, 2.24) is 15.4 Å². The normalized spacial score (nSPS) is 18.0. The van der Waals surface area contributed by atoms with Gasteiger partial charge in [-0.1, -0.05) is 12.1 Å². The minimum atomic E-state index is -0.0768. The lowest BCUT2D eigenvalue weighted by molar-refractivity contribution is 0.0681. The van der Waals surface area contributed by atoms with E-state index >= 15 is 0 Å². The number of nitrogens with zero attached hydrogens (tertiary/aromatic N) is 2. The van der Waals surface area contributed by atoms with Crippen LogP contribution in [-0.2, 0) is 0 Å². The van der Waals surface area contributed by atoms with Crippen LogP contribution in [0.15, 0.2) is 33.4 Å². The van der Waals surface area contributed by atoms with Crippen molar-refractivity contribution in [3.63, 3.8) is 0 Å². The SMILES string of the molecule is CCCN(C(=O)c1cc(-c2ccco2)on1)C1CCNC1. The molecule has 0 spiro atoms. The largest absolute Gasteiger partial charge is 0.461 e. The van der Waals surface area contributed by atoms with Gasteiger partial charge in [-0.25, -0.2) is 0 Å². The summed E-state index contributed by atoms with van der Waals surface area (Å²) in [7, 11) is 0. The third-order valence-electron chi connectivity index (χ3n) is 3.69. The monoisotopic (exact) mass is 289 g/mol. The zero-order valence-electron chi connectivity index (χ0n) is 12.0. The molecule has 0 aromatic carbocycles. The number of hydrogen-bond acceptors (Lipinski definition) is 5. The summed E-state index contributed by atoms with van der Waals surface area (Å²) in [6, 6.07) is 5.43. The van der Waals surface area contributed by atoms with Gasteiger partial charge in [-0.2, -0.15) is 0 Å². The Morgan fingerprint density at radius 3 is 3.10 bits per heavy atom. The second-order valence-corrected chi connectivity index (χ2v) is 5.20. The Balaban J connectivity index is 1.79. The summed E-state index contributed by atoms with van der Waals surface area (Å²) in [5.74, 6) is 0.975. The summed E-state index contributed by atoms with van der Waals surface area (Å²) in [5, 5.41) is 7.19. The molecule has 0 saturated carbocycles. The van der Waals surface area contributed by atoms with E-state index in [1.165, 1.54) is 0 Å². The Labute approximate surface area is 123 Å². The molecule has 0 radical (unpaired) electrons. The molecule has 21 heavy (non-hydrogen) atoms. The average Bonchev–Trinajstić information content (AvgIpc) is 3.25. The second-order valence-electron chi connectivity index (χ2n) is 5.20. The third-order valence-corrected chi connectivity index (χ3v) is 3.69. The molecular formula is C15H19N3O3. The first-order valence-corrected chi connectivity index (χ1v) is 7.32. The summed E-state index contributed by atoms with van der Waals surface area (Å²) in [4.78, 5) is 14.5. The van der Waals surface area contributed by atoms with Gasteiger partial charge in [0.15, 0.2) is 11.5 Å². The van der Waals surface area contributed by atoms with Crippen LogP contribution in [-0.4, -0.2) is 41.6 Å². The number of carbonyl (C=O) groups excluding carboxylic acids is 1. The van der Waals surface area contributed by atoms with Crippen molar-refractivity contribution in [2.75, 3.05) is 19.6 Å². The predicted octanol–water partition coefficient (Wildman–Crippen LogP) is 2.15. The van der Waals surface area contributed by atoms with Crippen LogP contribution in [0.4, 0.5) is 0 Å². The fraction of sp³-hybridized carbons (Fsp3) is 0.467. The first-order valence-electron chi connectivity index (χ1n) is 7.32. The van der Waals surface area contributed by atoms with E-state index in [0.717, 1.165) is 32.5 Å². The van der Waals surface area contributed by atoms with Crippen molar-refractivity contribution in [2.24, 2.45) is 0 Å². The van der Waals surface area contributed by atoms with Crippen LogP contribution in [0.25, 0.3) is 11.5 Å². The predicted molar refractivity (Wildman–Crippen MR) is 76.8 cm³/mol. The highest BCUT2D eigenvalue weighted by Crippen LogP contribution is 2.22. The first kappa shape index (κ1) is 13.9. The van der Waals surface area contributed by atoms with Crippen LogP contribution in [0, 0.1) is 0 Å². The zero-order chi connectivity index (χ0) is 14.7. The molecule has 1 atom stereocenters. The molecule has 3 heterocycles. The maximum atomic E-state index is 12.6. The Morgan fingerprint density at radius 1 is 1.52 bits per heavy atom. The number of furan rings is 1. The molecule has 1 fully saturated rings. The quantitative estimate of drug-likeness (QED) is 0.913. The molecule has 0 bridgehead atoms. The molecular weight excluding hydrogens is 270 g/mol. The highest BCUT2D eigenvalue weighted by Gasteiger charge is 2.28. The molecule has 1 aliphatic heterocycles. The van der Waals surface area contributed by atoms with E-state index < -0.39 is 0 Å². The van der Waals surface area contributed by atoms with Gasteiger partial charge in [0.05, 0.1) is 6.26 Å². The van der Waals surface area contributed by atoms with E-state index in [2.05, 4.69) is 17.4 Å². The number of rotatable bonds is 5. The van der Waals surface area contributed by atoms with Gasteiger partial charge in [-0.05, 0) is 31.5 Å². The number of nitrogens with one attached hydrogen (secondary N) is 1. The van der Waals surface area contributed by atoms with Gasteiger partial charge in [0, 0.05) is 25.2 Å². The van der Waals surface area contributed by atoms with Crippen molar-refractivity contribution in [2.45, 2.75) is 25.8 Å². The average molecular weight is 289 g/mol. The summed E-state index contributed by atoms with van der Waals surface area (Å²) in [6.45, 7) is 4.59. The molecule has 6 nitrogen and oxygen atoms in total. The molecule has 3 rings (SSSR count). The van der Waals surface area contributed by atoms with Gasteiger partial charge in [-0.3, -0.25) is 4.79 Å². The molecule has 112 valence electrons. The van der Waals surface area contributed by atoms with E-state index in [1.807, 2.05) is 4.90 Å². The van der Waals surface area contributed by atoms with Crippen LogP contribution >= 0.6 is 0 Å². The second kappa shape index (κ2) is 6.13. The van der Waals surface area contributed by atoms with E-state index in [0.29, 0.717) is 17.2 Å². The van der Waals surface area contributed by atoms with Crippen molar-refractivity contribution in [3.05, 3.63) is 30.2 Å². The van der Waals surface area contributed by atoms with Crippen LogP contribution in [0.5, 0.6) is 0 Å². The van der Waals surface area contributed by atoms with Crippen molar-refractivity contribution < 1.29 is 13.7 Å². The van der Waals surface area contributed by atoms with Gasteiger partial charge < -0.3 is 19.2 Å². The van der Waals surface area contributed by atoms with Gasteiger partial charge in [0.2, 0.25) is 5.76 Å². The lowest BCUT2D eigenvalue weighted by Gasteiger charge is -2.27. The Bertz CT molecular complexity index is 585. The number of hydrogen-bond donors (Lipinski definition) is 1. The smallest absolute Gasteiger partial charge is 0.276 e. The third kappa shape index (κ3) is 2.85. The van der Waals surface area contributed by atoms with Crippen LogP contribution < -0.4 is 5.32 Å². The fourth-order valence-corrected chi connectivity index (χ4v) is 2.65.